The Morgan fingerprint density at radius 3 is 2.39 bits per heavy atom. The van der Waals surface area contributed by atoms with Gasteiger partial charge >= 0.3 is 5.97 Å². The molecule has 118 valence electrons. The predicted molar refractivity (Wildman–Crippen MR) is 83.7 cm³/mol. The van der Waals surface area contributed by atoms with Gasteiger partial charge in [0.05, 0.1) is 18.5 Å². The predicted octanol–water partition coefficient (Wildman–Crippen LogP) is 3.19. The van der Waals surface area contributed by atoms with Gasteiger partial charge in [0.15, 0.2) is 5.78 Å². The van der Waals surface area contributed by atoms with Crippen molar-refractivity contribution in [3.8, 4) is 0 Å². The van der Waals surface area contributed by atoms with Crippen molar-refractivity contribution in [2.45, 2.75) is 6.42 Å². The molecule has 0 aliphatic heterocycles. The number of nitro benzene ring substituents is 1. The molecule has 0 N–H and O–H groups in total. The molecule has 0 heterocycles. The molecule has 0 aliphatic carbocycles. The third kappa shape index (κ3) is 3.92. The molecule has 23 heavy (non-hydrogen) atoms. The van der Waals surface area contributed by atoms with Crippen molar-refractivity contribution < 1.29 is 19.2 Å². The third-order valence-electron chi connectivity index (χ3n) is 3.22. The molecule has 2 aromatic carbocycles. The van der Waals surface area contributed by atoms with Crippen molar-refractivity contribution in [2.75, 3.05) is 7.11 Å². The van der Waals surface area contributed by atoms with Gasteiger partial charge in [0, 0.05) is 28.3 Å². The monoisotopic (exact) mass is 333 g/mol. The SMILES string of the molecule is COC(=O)Cc1ccc([N+](=O)[O-])cc1C(=O)c1ccc(Cl)cc1. The maximum Gasteiger partial charge on any atom is 0.310 e. The third-order valence-corrected chi connectivity index (χ3v) is 3.47. The van der Waals surface area contributed by atoms with Gasteiger partial charge < -0.3 is 4.74 Å². The fraction of sp³-hybridized carbons (Fsp3) is 0.125. The Balaban J connectivity index is 2.49. The van der Waals surface area contributed by atoms with Gasteiger partial charge in [-0.15, -0.1) is 0 Å². The van der Waals surface area contributed by atoms with E-state index in [0.29, 0.717) is 16.1 Å². The van der Waals surface area contributed by atoms with Crippen LogP contribution in [0.15, 0.2) is 42.5 Å². The van der Waals surface area contributed by atoms with E-state index < -0.39 is 16.7 Å². The number of halogens is 1. The van der Waals surface area contributed by atoms with Gasteiger partial charge in [0.1, 0.15) is 0 Å². The standard InChI is InChI=1S/C16H12ClNO5/c1-23-15(19)8-11-4-7-13(18(21)22)9-14(11)16(20)10-2-5-12(17)6-3-10/h2-7,9H,8H2,1H3. The minimum atomic E-state index is -0.597. The van der Waals surface area contributed by atoms with Crippen molar-refractivity contribution in [3.63, 3.8) is 0 Å². The number of ether oxygens (including phenoxy) is 1. The number of methoxy groups -OCH3 is 1. The minimum Gasteiger partial charge on any atom is -0.469 e. The zero-order valence-electron chi connectivity index (χ0n) is 12.1. The van der Waals surface area contributed by atoms with Crippen LogP contribution in [0, 0.1) is 10.1 Å². The van der Waals surface area contributed by atoms with Crippen LogP contribution in [-0.2, 0) is 16.0 Å². The average molecular weight is 334 g/mol. The second-order valence-electron chi connectivity index (χ2n) is 4.69. The first-order chi connectivity index (χ1) is 10.9. The zero-order valence-corrected chi connectivity index (χ0v) is 12.9. The lowest BCUT2D eigenvalue weighted by Crippen LogP contribution is -2.11. The first-order valence-corrected chi connectivity index (χ1v) is 6.94. The molecule has 0 aliphatic rings. The molecular formula is C16H12ClNO5. The first-order valence-electron chi connectivity index (χ1n) is 6.56. The highest BCUT2D eigenvalue weighted by atomic mass is 35.5. The number of non-ortho nitro benzene ring substituents is 1. The number of carbonyl (C=O) groups excluding carboxylic acids is 2. The lowest BCUT2D eigenvalue weighted by Gasteiger charge is -2.08. The summed E-state index contributed by atoms with van der Waals surface area (Å²) >= 11 is 5.79. The highest BCUT2D eigenvalue weighted by Crippen LogP contribution is 2.22. The topological polar surface area (TPSA) is 86.5 Å². The number of nitrogens with zero attached hydrogens (tertiary/aromatic N) is 1. The molecule has 0 fully saturated rings. The Bertz CT molecular complexity index is 771. The second-order valence-corrected chi connectivity index (χ2v) is 5.12. The van der Waals surface area contributed by atoms with Crippen LogP contribution in [0.4, 0.5) is 5.69 Å². The summed E-state index contributed by atoms with van der Waals surface area (Å²) in [5.74, 6) is -0.965. The summed E-state index contributed by atoms with van der Waals surface area (Å²) in [7, 11) is 1.23. The lowest BCUT2D eigenvalue weighted by atomic mass is 9.96. The van der Waals surface area contributed by atoms with E-state index in [-0.39, 0.29) is 17.7 Å². The van der Waals surface area contributed by atoms with Crippen molar-refractivity contribution in [3.05, 3.63) is 74.3 Å². The Morgan fingerprint density at radius 2 is 1.83 bits per heavy atom. The maximum absolute atomic E-state index is 12.6. The number of nitro groups is 1. The van der Waals surface area contributed by atoms with Crippen molar-refractivity contribution in [1.29, 1.82) is 0 Å². The van der Waals surface area contributed by atoms with Gasteiger partial charge in [0.2, 0.25) is 0 Å². The summed E-state index contributed by atoms with van der Waals surface area (Å²) in [6.45, 7) is 0. The van der Waals surface area contributed by atoms with Crippen LogP contribution in [0.1, 0.15) is 21.5 Å². The Hall–Kier alpha value is -2.73. The molecule has 0 unspecified atom stereocenters. The highest BCUT2D eigenvalue weighted by Gasteiger charge is 2.20. The molecular weight excluding hydrogens is 322 g/mol. The molecule has 0 saturated carbocycles. The molecule has 2 rings (SSSR count). The van der Waals surface area contributed by atoms with Crippen LogP contribution in [0.2, 0.25) is 5.02 Å². The lowest BCUT2D eigenvalue weighted by molar-refractivity contribution is -0.384. The van der Waals surface area contributed by atoms with Crippen LogP contribution in [0.25, 0.3) is 0 Å². The molecule has 0 spiro atoms. The van der Waals surface area contributed by atoms with Gasteiger partial charge in [0.25, 0.3) is 5.69 Å². The van der Waals surface area contributed by atoms with E-state index in [1.54, 1.807) is 12.1 Å². The molecule has 0 atom stereocenters. The van der Waals surface area contributed by atoms with Crippen LogP contribution < -0.4 is 0 Å². The molecule has 7 heteroatoms. The molecule has 0 bridgehead atoms. The number of benzene rings is 2. The van der Waals surface area contributed by atoms with Gasteiger partial charge in [-0.3, -0.25) is 19.7 Å². The van der Waals surface area contributed by atoms with Gasteiger partial charge in [-0.25, -0.2) is 0 Å². The average Bonchev–Trinajstić information content (AvgIpc) is 2.55. The van der Waals surface area contributed by atoms with Crippen molar-refractivity contribution >= 4 is 29.0 Å². The Morgan fingerprint density at radius 1 is 1.17 bits per heavy atom. The first kappa shape index (κ1) is 16.6. The van der Waals surface area contributed by atoms with E-state index in [2.05, 4.69) is 4.74 Å². The Kier molecular flexibility index (Phi) is 5.08. The number of esters is 1. The van der Waals surface area contributed by atoms with Gasteiger partial charge in [-0.05, 0) is 29.8 Å². The summed E-state index contributed by atoms with van der Waals surface area (Å²) in [4.78, 5) is 34.4. The maximum atomic E-state index is 12.6. The van der Waals surface area contributed by atoms with Crippen molar-refractivity contribution in [2.24, 2.45) is 0 Å². The largest absolute Gasteiger partial charge is 0.469 e. The normalized spacial score (nSPS) is 10.2. The minimum absolute atomic E-state index is 0.0897. The van der Waals surface area contributed by atoms with E-state index in [1.165, 1.54) is 31.4 Å². The molecule has 6 nitrogen and oxygen atoms in total. The molecule has 2 aromatic rings. The molecule has 0 saturated heterocycles. The summed E-state index contributed by atoms with van der Waals surface area (Å²) < 4.78 is 4.59. The van der Waals surface area contributed by atoms with E-state index in [4.69, 9.17) is 11.6 Å². The van der Waals surface area contributed by atoms with Gasteiger partial charge in [-0.1, -0.05) is 17.7 Å². The number of carbonyl (C=O) groups is 2. The fourth-order valence-corrected chi connectivity index (χ4v) is 2.15. The fourth-order valence-electron chi connectivity index (χ4n) is 2.03. The quantitative estimate of drug-likeness (QED) is 0.363. The zero-order chi connectivity index (χ0) is 17.0. The summed E-state index contributed by atoms with van der Waals surface area (Å²) in [5.41, 5.74) is 0.547. The van der Waals surface area contributed by atoms with E-state index >= 15 is 0 Å². The van der Waals surface area contributed by atoms with E-state index in [1.807, 2.05) is 0 Å². The molecule has 0 radical (unpaired) electrons. The van der Waals surface area contributed by atoms with Crippen LogP contribution in [-0.4, -0.2) is 23.8 Å². The number of rotatable bonds is 5. The van der Waals surface area contributed by atoms with Gasteiger partial charge in [-0.2, -0.15) is 0 Å². The van der Waals surface area contributed by atoms with Crippen LogP contribution in [0.3, 0.4) is 0 Å². The summed E-state index contributed by atoms with van der Waals surface area (Å²) in [6.07, 6.45) is -0.150. The smallest absolute Gasteiger partial charge is 0.310 e. The van der Waals surface area contributed by atoms with E-state index in [9.17, 15) is 19.7 Å². The number of hydrogen-bond donors (Lipinski definition) is 0. The van der Waals surface area contributed by atoms with Crippen LogP contribution in [0.5, 0.6) is 0 Å². The number of hydrogen-bond acceptors (Lipinski definition) is 5. The Labute approximate surface area is 136 Å². The highest BCUT2D eigenvalue weighted by molar-refractivity contribution is 6.30. The second kappa shape index (κ2) is 7.02. The summed E-state index contributed by atoms with van der Waals surface area (Å²) in [5, 5.41) is 11.4. The number of ketones is 1. The molecule has 0 aromatic heterocycles. The van der Waals surface area contributed by atoms with E-state index in [0.717, 1.165) is 6.07 Å². The summed E-state index contributed by atoms with van der Waals surface area (Å²) in [6, 6.07) is 9.93. The molecule has 0 amide bonds. The van der Waals surface area contributed by atoms with Crippen LogP contribution >= 0.6 is 11.6 Å². The van der Waals surface area contributed by atoms with Crippen molar-refractivity contribution in [1.82, 2.24) is 0 Å².